The molecular weight excluding hydrogens is 96.1 g/mol. The fourth-order valence-electron chi connectivity index (χ4n) is 0.254. The van der Waals surface area contributed by atoms with Gasteiger partial charge in [0.15, 0.2) is 0 Å². The Balaban J connectivity index is 2.00. The molecule has 2 heteroatoms. The Labute approximate surface area is 41.1 Å². The van der Waals surface area contributed by atoms with Crippen LogP contribution in [0.5, 0.6) is 0 Å². The Hall–Kier alpha value is 0.0200. The van der Waals surface area contributed by atoms with Gasteiger partial charge in [0.25, 0.3) is 5.62 Å². The zero-order valence-corrected chi connectivity index (χ0v) is 4.12. The number of thioether (sulfide) groups is 1. The van der Waals surface area contributed by atoms with Crippen LogP contribution in [0.4, 0.5) is 0 Å². The summed E-state index contributed by atoms with van der Waals surface area (Å²) in [7, 11) is 0. The van der Waals surface area contributed by atoms with Crippen molar-refractivity contribution >= 4 is 17.4 Å². The first-order chi connectivity index (χ1) is 2.93. The lowest BCUT2D eigenvalue weighted by molar-refractivity contribution is 0.570. The highest BCUT2D eigenvalue weighted by Crippen LogP contribution is 2.31. The van der Waals surface area contributed by atoms with E-state index >= 15 is 0 Å². The van der Waals surface area contributed by atoms with E-state index in [0.717, 1.165) is 0 Å². The van der Waals surface area contributed by atoms with E-state index in [1.807, 2.05) is 0 Å². The molecule has 6 heavy (non-hydrogen) atoms. The summed E-state index contributed by atoms with van der Waals surface area (Å²) in [4.78, 5) is 9.49. The fourth-order valence-corrected chi connectivity index (χ4v) is 0.762. The van der Waals surface area contributed by atoms with Crippen molar-refractivity contribution < 1.29 is 4.79 Å². The summed E-state index contributed by atoms with van der Waals surface area (Å²) in [6.07, 6.45) is 2.44. The minimum atomic E-state index is 0.641. The van der Waals surface area contributed by atoms with Gasteiger partial charge >= 0.3 is 0 Å². The van der Waals surface area contributed by atoms with Crippen LogP contribution in [-0.2, 0) is 4.79 Å². The van der Waals surface area contributed by atoms with Gasteiger partial charge in [-0.3, -0.25) is 4.79 Å². The van der Waals surface area contributed by atoms with Crippen molar-refractivity contribution in [3.8, 4) is 0 Å². The molecule has 1 aliphatic rings. The molecule has 0 aliphatic heterocycles. The molecule has 33 valence electrons. The average molecular weight is 101 g/mol. The molecule has 0 spiro atoms. The molecule has 0 aromatic heterocycles. The summed E-state index contributed by atoms with van der Waals surface area (Å²) in [6, 6.07) is 0. The number of hydrogen-bond donors (Lipinski definition) is 0. The smallest absolute Gasteiger partial charge is 0.266 e. The van der Waals surface area contributed by atoms with Crippen LogP contribution >= 0.6 is 11.8 Å². The van der Waals surface area contributed by atoms with Crippen molar-refractivity contribution in [3.63, 3.8) is 0 Å². The van der Waals surface area contributed by atoms with Crippen molar-refractivity contribution in [2.45, 2.75) is 18.1 Å². The lowest BCUT2D eigenvalue weighted by Crippen LogP contribution is -1.66. The maximum absolute atomic E-state index is 9.49. The maximum atomic E-state index is 9.49. The van der Waals surface area contributed by atoms with Gasteiger partial charge in [0.05, 0.1) is 0 Å². The molecule has 0 bridgehead atoms. The Morgan fingerprint density at radius 2 is 2.33 bits per heavy atom. The van der Waals surface area contributed by atoms with Crippen molar-refractivity contribution in [1.29, 1.82) is 0 Å². The van der Waals surface area contributed by atoms with Crippen molar-refractivity contribution in [2.75, 3.05) is 0 Å². The van der Waals surface area contributed by atoms with Crippen LogP contribution in [0.15, 0.2) is 0 Å². The summed E-state index contributed by atoms with van der Waals surface area (Å²) >= 11 is 1.29. The second-order valence-corrected chi connectivity index (χ2v) is 2.47. The van der Waals surface area contributed by atoms with Gasteiger partial charge in [-0.15, -0.1) is 0 Å². The largest absolute Gasteiger partial charge is 0.277 e. The van der Waals surface area contributed by atoms with Gasteiger partial charge in [-0.05, 0) is 12.8 Å². The van der Waals surface area contributed by atoms with Gasteiger partial charge in [-0.2, -0.15) is 0 Å². The molecule has 0 aromatic rings. The highest BCUT2D eigenvalue weighted by Gasteiger charge is 2.21. The quantitative estimate of drug-likeness (QED) is 0.515. The average Bonchev–Trinajstić information content (AvgIpc) is 2.21. The SMILES string of the molecule is O=[C]SC1CC1. The zero-order chi connectivity index (χ0) is 4.41. The molecule has 0 amide bonds. The third-order valence-electron chi connectivity index (χ3n) is 0.739. The first-order valence-corrected chi connectivity index (χ1v) is 2.84. The molecule has 0 aromatic carbocycles. The van der Waals surface area contributed by atoms with E-state index in [0.29, 0.717) is 5.25 Å². The summed E-state index contributed by atoms with van der Waals surface area (Å²) in [5, 5.41) is 0.641. The molecule has 1 saturated carbocycles. The molecule has 0 saturated heterocycles. The molecule has 1 fully saturated rings. The topological polar surface area (TPSA) is 17.1 Å². The van der Waals surface area contributed by atoms with Gasteiger partial charge in [0.2, 0.25) is 0 Å². The van der Waals surface area contributed by atoms with E-state index in [1.165, 1.54) is 24.6 Å². The Morgan fingerprint density at radius 1 is 1.67 bits per heavy atom. The van der Waals surface area contributed by atoms with Crippen LogP contribution in [0, 0.1) is 0 Å². The summed E-state index contributed by atoms with van der Waals surface area (Å²) < 4.78 is 0. The Morgan fingerprint density at radius 3 is 2.50 bits per heavy atom. The number of carbonyl (C=O) groups excluding carboxylic acids is 1. The molecule has 0 unspecified atom stereocenters. The van der Waals surface area contributed by atoms with Gasteiger partial charge < -0.3 is 0 Å². The van der Waals surface area contributed by atoms with Crippen LogP contribution in [0.2, 0.25) is 0 Å². The highest BCUT2D eigenvalue weighted by molar-refractivity contribution is 8.12. The third-order valence-corrected chi connectivity index (χ3v) is 1.64. The van der Waals surface area contributed by atoms with E-state index < -0.39 is 0 Å². The van der Waals surface area contributed by atoms with Crippen LogP contribution in [0.1, 0.15) is 12.8 Å². The minimum absolute atomic E-state index is 0.641. The van der Waals surface area contributed by atoms with Crippen LogP contribution in [-0.4, -0.2) is 10.9 Å². The molecular formula is C4H5OS. The molecule has 1 nitrogen and oxygen atoms in total. The van der Waals surface area contributed by atoms with E-state index in [1.54, 1.807) is 5.62 Å². The molecule has 1 rings (SSSR count). The van der Waals surface area contributed by atoms with Gasteiger partial charge in [0, 0.05) is 5.25 Å². The van der Waals surface area contributed by atoms with Crippen molar-refractivity contribution in [1.82, 2.24) is 0 Å². The summed E-state index contributed by atoms with van der Waals surface area (Å²) in [5.41, 5.74) is 1.80. The van der Waals surface area contributed by atoms with Crippen LogP contribution in [0.3, 0.4) is 0 Å². The van der Waals surface area contributed by atoms with Crippen molar-refractivity contribution in [2.24, 2.45) is 0 Å². The van der Waals surface area contributed by atoms with E-state index in [4.69, 9.17) is 0 Å². The fraction of sp³-hybridized carbons (Fsp3) is 0.750. The third kappa shape index (κ3) is 1.01. The normalized spacial score (nSPS) is 20.7. The second-order valence-electron chi connectivity index (χ2n) is 1.40. The second kappa shape index (κ2) is 1.65. The molecule has 0 heterocycles. The number of hydrogen-bond acceptors (Lipinski definition) is 2. The summed E-state index contributed by atoms with van der Waals surface area (Å²) in [5.74, 6) is 0. The van der Waals surface area contributed by atoms with Crippen molar-refractivity contribution in [3.05, 3.63) is 0 Å². The molecule has 1 aliphatic carbocycles. The van der Waals surface area contributed by atoms with E-state index in [9.17, 15) is 4.79 Å². The minimum Gasteiger partial charge on any atom is -0.277 e. The van der Waals surface area contributed by atoms with Gasteiger partial charge in [-0.1, -0.05) is 11.8 Å². The standard InChI is InChI=1S/C4H5OS/c5-3-6-4-1-2-4/h4H,1-2H2. The predicted octanol–water partition coefficient (Wildman–Crippen LogP) is 0.949. The zero-order valence-electron chi connectivity index (χ0n) is 3.31. The monoisotopic (exact) mass is 101 g/mol. The maximum Gasteiger partial charge on any atom is 0.266 e. The van der Waals surface area contributed by atoms with E-state index in [-0.39, 0.29) is 0 Å². The summed E-state index contributed by atoms with van der Waals surface area (Å²) in [6.45, 7) is 0. The number of rotatable bonds is 2. The van der Waals surface area contributed by atoms with Crippen LogP contribution in [0.25, 0.3) is 0 Å². The van der Waals surface area contributed by atoms with E-state index in [2.05, 4.69) is 0 Å². The van der Waals surface area contributed by atoms with Gasteiger partial charge in [0.1, 0.15) is 0 Å². The van der Waals surface area contributed by atoms with Crippen LogP contribution < -0.4 is 0 Å². The highest BCUT2D eigenvalue weighted by atomic mass is 32.2. The molecule has 1 radical (unpaired) electrons. The Kier molecular flexibility index (Phi) is 1.15. The lowest BCUT2D eigenvalue weighted by atomic mass is 11.0. The lowest BCUT2D eigenvalue weighted by Gasteiger charge is -1.71. The molecule has 0 atom stereocenters. The Bertz CT molecular complexity index is 58.6. The first kappa shape index (κ1) is 4.19. The first-order valence-electron chi connectivity index (χ1n) is 1.96. The molecule has 0 N–H and O–H groups in total. The van der Waals surface area contributed by atoms with Gasteiger partial charge in [-0.25, -0.2) is 0 Å². The predicted molar refractivity (Wildman–Crippen MR) is 26.3 cm³/mol.